The van der Waals surface area contributed by atoms with E-state index in [-0.39, 0.29) is 6.09 Å². The van der Waals surface area contributed by atoms with Crippen LogP contribution in [0.3, 0.4) is 0 Å². The van der Waals surface area contributed by atoms with Crippen LogP contribution in [0.1, 0.15) is 44.2 Å². The third kappa shape index (κ3) is 4.23. The molecule has 1 aliphatic heterocycles. The van der Waals surface area contributed by atoms with Crippen molar-refractivity contribution in [3.63, 3.8) is 0 Å². The number of hydrogen-bond acceptors (Lipinski definition) is 3. The molecule has 4 nitrogen and oxygen atoms in total. The Bertz CT molecular complexity index is 522. The number of benzene rings is 1. The minimum atomic E-state index is -0.445. The van der Waals surface area contributed by atoms with Crippen LogP contribution in [0.5, 0.6) is 0 Å². The van der Waals surface area contributed by atoms with Crippen LogP contribution in [0.15, 0.2) is 24.3 Å². The minimum Gasteiger partial charge on any atom is -0.444 e. The first-order valence-electron chi connectivity index (χ1n) is 8.04. The minimum absolute atomic E-state index is 0.213. The zero-order valence-corrected chi connectivity index (χ0v) is 14.1. The third-order valence-electron chi connectivity index (χ3n) is 4.17. The van der Waals surface area contributed by atoms with Crippen molar-refractivity contribution in [2.24, 2.45) is 11.7 Å². The third-order valence-corrected chi connectivity index (χ3v) is 4.17. The molecule has 1 fully saturated rings. The van der Waals surface area contributed by atoms with Gasteiger partial charge in [0, 0.05) is 19.0 Å². The van der Waals surface area contributed by atoms with Crippen LogP contribution < -0.4 is 5.73 Å². The fourth-order valence-electron chi connectivity index (χ4n) is 3.11. The van der Waals surface area contributed by atoms with E-state index in [4.69, 9.17) is 10.5 Å². The van der Waals surface area contributed by atoms with Crippen LogP contribution in [-0.4, -0.2) is 36.2 Å². The second-order valence-electron chi connectivity index (χ2n) is 7.23. The molecule has 0 saturated carbocycles. The van der Waals surface area contributed by atoms with E-state index >= 15 is 0 Å². The molecule has 1 aliphatic rings. The number of amides is 1. The van der Waals surface area contributed by atoms with Crippen LogP contribution in [-0.2, 0) is 4.74 Å². The molecule has 2 N–H and O–H groups in total. The molecule has 1 aromatic carbocycles. The van der Waals surface area contributed by atoms with Crippen molar-refractivity contribution in [1.29, 1.82) is 0 Å². The molecule has 2 rings (SSSR count). The summed E-state index contributed by atoms with van der Waals surface area (Å²) in [5, 5.41) is 0. The number of aryl methyl sites for hydroxylation is 1. The SMILES string of the molecule is Cc1cccc(C(CN)C2CCN(C(=O)OC(C)(C)C)C2)c1. The summed E-state index contributed by atoms with van der Waals surface area (Å²) in [5.74, 6) is 0.701. The summed E-state index contributed by atoms with van der Waals surface area (Å²) in [5.41, 5.74) is 8.10. The standard InChI is InChI=1S/C18H28N2O2/c1-13-6-5-7-14(10-13)16(11-19)15-8-9-20(12-15)17(21)22-18(2,3)4/h5-7,10,15-16H,8-9,11-12,19H2,1-4H3. The quantitative estimate of drug-likeness (QED) is 0.932. The second-order valence-corrected chi connectivity index (χ2v) is 7.23. The van der Waals surface area contributed by atoms with E-state index in [9.17, 15) is 4.79 Å². The molecule has 0 bridgehead atoms. The number of hydrogen-bond donors (Lipinski definition) is 1. The van der Waals surface area contributed by atoms with E-state index in [2.05, 4.69) is 31.2 Å². The summed E-state index contributed by atoms with van der Waals surface area (Å²) in [7, 11) is 0. The molecule has 2 unspecified atom stereocenters. The van der Waals surface area contributed by atoms with Crippen LogP contribution in [0.25, 0.3) is 0 Å². The first-order chi connectivity index (χ1) is 10.3. The molecular formula is C18H28N2O2. The summed E-state index contributed by atoms with van der Waals surface area (Å²) >= 11 is 0. The van der Waals surface area contributed by atoms with Crippen molar-refractivity contribution in [2.45, 2.75) is 45.6 Å². The van der Waals surface area contributed by atoms with Gasteiger partial charge in [-0.2, -0.15) is 0 Å². The Kier molecular flexibility index (Phi) is 5.12. The number of ether oxygens (including phenoxy) is 1. The Labute approximate surface area is 133 Å². The number of likely N-dealkylation sites (tertiary alicyclic amines) is 1. The average molecular weight is 304 g/mol. The lowest BCUT2D eigenvalue weighted by atomic mass is 9.85. The number of rotatable bonds is 3. The highest BCUT2D eigenvalue weighted by Crippen LogP contribution is 2.32. The molecule has 122 valence electrons. The number of carbonyl (C=O) groups is 1. The predicted octanol–water partition coefficient (Wildman–Crippen LogP) is 3.29. The van der Waals surface area contributed by atoms with Gasteiger partial charge >= 0.3 is 6.09 Å². The van der Waals surface area contributed by atoms with E-state index in [1.165, 1.54) is 11.1 Å². The Morgan fingerprint density at radius 1 is 1.45 bits per heavy atom. The maximum absolute atomic E-state index is 12.2. The van der Waals surface area contributed by atoms with Gasteiger partial charge in [-0.15, -0.1) is 0 Å². The maximum Gasteiger partial charge on any atom is 0.410 e. The van der Waals surface area contributed by atoms with Gasteiger partial charge in [-0.05, 0) is 52.1 Å². The molecule has 2 atom stereocenters. The van der Waals surface area contributed by atoms with Crippen LogP contribution in [0.4, 0.5) is 4.79 Å². The smallest absolute Gasteiger partial charge is 0.410 e. The van der Waals surface area contributed by atoms with Crippen LogP contribution in [0, 0.1) is 12.8 Å². The van der Waals surface area contributed by atoms with E-state index in [0.29, 0.717) is 18.4 Å². The summed E-state index contributed by atoms with van der Waals surface area (Å²) in [4.78, 5) is 14.0. The van der Waals surface area contributed by atoms with Crippen LogP contribution >= 0.6 is 0 Å². The largest absolute Gasteiger partial charge is 0.444 e. The molecule has 0 spiro atoms. The monoisotopic (exact) mass is 304 g/mol. The van der Waals surface area contributed by atoms with Crippen molar-refractivity contribution < 1.29 is 9.53 Å². The van der Waals surface area contributed by atoms with Crippen LogP contribution in [0.2, 0.25) is 0 Å². The van der Waals surface area contributed by atoms with Gasteiger partial charge in [-0.1, -0.05) is 29.8 Å². The highest BCUT2D eigenvalue weighted by Gasteiger charge is 2.34. The fraction of sp³-hybridized carbons (Fsp3) is 0.611. The highest BCUT2D eigenvalue weighted by atomic mass is 16.6. The van der Waals surface area contributed by atoms with Crippen molar-refractivity contribution in [1.82, 2.24) is 4.90 Å². The van der Waals surface area contributed by atoms with Crippen molar-refractivity contribution in [3.8, 4) is 0 Å². The summed E-state index contributed by atoms with van der Waals surface area (Å²) in [6, 6.07) is 8.51. The molecule has 1 aromatic rings. The Hall–Kier alpha value is -1.55. The van der Waals surface area contributed by atoms with Gasteiger partial charge in [0.25, 0.3) is 0 Å². The molecule has 1 heterocycles. The topological polar surface area (TPSA) is 55.6 Å². The first-order valence-corrected chi connectivity index (χ1v) is 8.04. The summed E-state index contributed by atoms with van der Waals surface area (Å²) in [6.45, 7) is 9.87. The molecule has 22 heavy (non-hydrogen) atoms. The highest BCUT2D eigenvalue weighted by molar-refractivity contribution is 5.68. The molecular weight excluding hydrogens is 276 g/mol. The van der Waals surface area contributed by atoms with Gasteiger partial charge in [0.15, 0.2) is 0 Å². The Balaban J connectivity index is 2.03. The van der Waals surface area contributed by atoms with E-state index in [1.54, 1.807) is 0 Å². The molecule has 1 amide bonds. The lowest BCUT2D eigenvalue weighted by Gasteiger charge is -2.26. The lowest BCUT2D eigenvalue weighted by Crippen LogP contribution is -2.36. The van der Waals surface area contributed by atoms with Crippen molar-refractivity contribution in [3.05, 3.63) is 35.4 Å². The van der Waals surface area contributed by atoms with Gasteiger partial charge in [0.1, 0.15) is 5.60 Å². The molecule has 4 heteroatoms. The van der Waals surface area contributed by atoms with Gasteiger partial charge in [0.2, 0.25) is 0 Å². The zero-order chi connectivity index (χ0) is 16.3. The van der Waals surface area contributed by atoms with Gasteiger partial charge < -0.3 is 15.4 Å². The molecule has 0 aliphatic carbocycles. The van der Waals surface area contributed by atoms with Gasteiger partial charge in [-0.25, -0.2) is 4.79 Å². The predicted molar refractivity (Wildman–Crippen MR) is 88.9 cm³/mol. The van der Waals surface area contributed by atoms with Crippen molar-refractivity contribution in [2.75, 3.05) is 19.6 Å². The molecule has 0 aromatic heterocycles. The lowest BCUT2D eigenvalue weighted by molar-refractivity contribution is 0.0286. The number of nitrogens with two attached hydrogens (primary N) is 1. The molecule has 0 radical (unpaired) electrons. The van der Waals surface area contributed by atoms with E-state index in [1.807, 2.05) is 25.7 Å². The second kappa shape index (κ2) is 6.69. The first kappa shape index (κ1) is 16.8. The number of nitrogens with zero attached hydrogens (tertiary/aromatic N) is 1. The summed E-state index contributed by atoms with van der Waals surface area (Å²) in [6.07, 6.45) is 0.768. The van der Waals surface area contributed by atoms with Gasteiger partial charge in [-0.3, -0.25) is 0 Å². The Morgan fingerprint density at radius 2 is 2.18 bits per heavy atom. The Morgan fingerprint density at radius 3 is 2.77 bits per heavy atom. The normalized spacial score (nSPS) is 20.0. The summed E-state index contributed by atoms with van der Waals surface area (Å²) < 4.78 is 5.46. The average Bonchev–Trinajstić information content (AvgIpc) is 2.87. The number of carbonyl (C=O) groups excluding carboxylic acids is 1. The zero-order valence-electron chi connectivity index (χ0n) is 14.1. The fourth-order valence-corrected chi connectivity index (χ4v) is 3.11. The van der Waals surface area contributed by atoms with Crippen molar-refractivity contribution >= 4 is 6.09 Å². The molecule has 1 saturated heterocycles. The van der Waals surface area contributed by atoms with E-state index < -0.39 is 5.60 Å². The maximum atomic E-state index is 12.2. The van der Waals surface area contributed by atoms with Gasteiger partial charge in [0.05, 0.1) is 0 Å². The van der Waals surface area contributed by atoms with E-state index in [0.717, 1.165) is 19.5 Å².